The van der Waals surface area contributed by atoms with Crippen LogP contribution in [0.3, 0.4) is 0 Å². The Balaban J connectivity index is 2.97. The fraction of sp³-hybridized carbons (Fsp3) is 0.250. The molecular weight excluding hydrogens is 230 g/mol. The molecule has 72 valence electrons. The van der Waals surface area contributed by atoms with Crippen molar-refractivity contribution in [3.05, 3.63) is 28.2 Å². The molecule has 0 N–H and O–H groups in total. The van der Waals surface area contributed by atoms with Gasteiger partial charge in [0.1, 0.15) is 5.75 Å². The molecule has 0 aliphatic rings. The summed E-state index contributed by atoms with van der Waals surface area (Å²) in [6.45, 7) is 3.05. The van der Waals surface area contributed by atoms with Gasteiger partial charge in [-0.2, -0.15) is 0 Å². The average molecular weight is 239 g/mol. The molecule has 0 fully saturated rings. The van der Waals surface area contributed by atoms with E-state index in [2.05, 4.69) is 0 Å². The van der Waals surface area contributed by atoms with E-state index in [1.807, 2.05) is 0 Å². The van der Waals surface area contributed by atoms with Crippen molar-refractivity contribution in [3.63, 3.8) is 0 Å². The Morgan fingerprint density at radius 1 is 1.31 bits per heavy atom. The summed E-state index contributed by atoms with van der Waals surface area (Å²) in [7, 11) is -2.56. The van der Waals surface area contributed by atoms with E-state index in [-0.39, 0.29) is 0 Å². The lowest BCUT2D eigenvalue weighted by molar-refractivity contribution is 0.494. The van der Waals surface area contributed by atoms with Gasteiger partial charge in [-0.15, -0.1) is 0 Å². The van der Waals surface area contributed by atoms with Crippen LogP contribution in [0.15, 0.2) is 18.2 Å². The van der Waals surface area contributed by atoms with Gasteiger partial charge < -0.3 is 4.52 Å². The van der Waals surface area contributed by atoms with Crippen molar-refractivity contribution in [1.29, 1.82) is 0 Å². The zero-order valence-electron chi connectivity index (χ0n) is 7.25. The van der Waals surface area contributed by atoms with Crippen LogP contribution in [0, 0.1) is 0 Å². The van der Waals surface area contributed by atoms with Crippen molar-refractivity contribution in [2.45, 2.75) is 0 Å². The topological polar surface area (TPSA) is 26.3 Å². The van der Waals surface area contributed by atoms with Crippen LogP contribution in [0.1, 0.15) is 0 Å². The molecule has 0 atom stereocenters. The normalized spacial score (nSPS) is 11.4. The van der Waals surface area contributed by atoms with Gasteiger partial charge in [0.25, 0.3) is 0 Å². The summed E-state index contributed by atoms with van der Waals surface area (Å²) >= 11 is 11.5. The van der Waals surface area contributed by atoms with Gasteiger partial charge in [0.15, 0.2) is 0 Å². The van der Waals surface area contributed by atoms with Gasteiger partial charge in [0.05, 0.1) is 5.02 Å². The molecule has 0 aliphatic heterocycles. The van der Waals surface area contributed by atoms with E-state index >= 15 is 0 Å². The van der Waals surface area contributed by atoms with E-state index in [0.29, 0.717) is 15.8 Å². The van der Waals surface area contributed by atoms with Gasteiger partial charge in [-0.25, -0.2) is 0 Å². The van der Waals surface area contributed by atoms with Crippen LogP contribution in [0.25, 0.3) is 0 Å². The zero-order chi connectivity index (χ0) is 10.1. The maximum atomic E-state index is 11.3. The van der Waals surface area contributed by atoms with Crippen molar-refractivity contribution >= 4 is 30.6 Å². The number of hydrogen-bond donors (Lipinski definition) is 0. The highest BCUT2D eigenvalue weighted by Crippen LogP contribution is 2.42. The van der Waals surface area contributed by atoms with Crippen LogP contribution in [0.4, 0.5) is 0 Å². The molecule has 1 aromatic carbocycles. The second kappa shape index (κ2) is 3.91. The van der Waals surface area contributed by atoms with Crippen molar-refractivity contribution in [1.82, 2.24) is 0 Å². The molecule has 5 heteroatoms. The molecule has 13 heavy (non-hydrogen) atoms. The second-order valence-corrected chi connectivity index (χ2v) is 6.45. The predicted octanol–water partition coefficient (Wildman–Crippen LogP) is 3.91. The van der Waals surface area contributed by atoms with Crippen molar-refractivity contribution in [2.24, 2.45) is 0 Å². The van der Waals surface area contributed by atoms with Gasteiger partial charge in [-0.3, -0.25) is 4.57 Å². The van der Waals surface area contributed by atoms with Gasteiger partial charge in [-0.05, 0) is 18.2 Å². The molecule has 0 radical (unpaired) electrons. The molecule has 1 rings (SSSR count). The largest absolute Gasteiger partial charge is 0.442 e. The molecule has 0 spiro atoms. The third-order valence-corrected chi connectivity index (χ3v) is 2.38. The van der Waals surface area contributed by atoms with Crippen LogP contribution in [-0.4, -0.2) is 13.3 Å². The first kappa shape index (κ1) is 10.9. The Hall–Kier alpha value is -0.170. The molecule has 1 aromatic rings. The van der Waals surface area contributed by atoms with Crippen LogP contribution in [-0.2, 0) is 4.57 Å². The fourth-order valence-electron chi connectivity index (χ4n) is 0.786. The van der Waals surface area contributed by atoms with E-state index < -0.39 is 7.37 Å². The summed E-state index contributed by atoms with van der Waals surface area (Å²) in [6.07, 6.45) is 0. The fourth-order valence-corrected chi connectivity index (χ4v) is 1.92. The molecule has 0 aliphatic carbocycles. The highest BCUT2D eigenvalue weighted by atomic mass is 35.5. The Morgan fingerprint density at radius 3 is 2.38 bits per heavy atom. The summed E-state index contributed by atoms with van der Waals surface area (Å²) in [5, 5.41) is 0.899. The van der Waals surface area contributed by atoms with Gasteiger partial charge >= 0.3 is 0 Å². The van der Waals surface area contributed by atoms with E-state index in [1.54, 1.807) is 18.2 Å². The lowest BCUT2D eigenvalue weighted by atomic mass is 10.3. The number of rotatable bonds is 2. The molecule has 0 saturated carbocycles. The molecule has 0 unspecified atom stereocenters. The number of benzene rings is 1. The standard InChI is InChI=1S/C8H9Cl2O2P/c1-13(2,11)12-8-4-3-6(9)5-7(8)10/h3-5H,1-2H3. The molecule has 0 amide bonds. The first-order chi connectivity index (χ1) is 5.88. The predicted molar refractivity (Wildman–Crippen MR) is 56.5 cm³/mol. The Morgan fingerprint density at radius 2 is 1.92 bits per heavy atom. The quantitative estimate of drug-likeness (QED) is 0.731. The molecular formula is C8H9Cl2O2P. The first-order valence-corrected chi connectivity index (χ1v) is 6.85. The van der Waals surface area contributed by atoms with Gasteiger partial charge in [0.2, 0.25) is 7.37 Å². The first-order valence-electron chi connectivity index (χ1n) is 3.58. The Labute approximate surface area is 87.3 Å². The lowest BCUT2D eigenvalue weighted by Crippen LogP contribution is -1.89. The van der Waals surface area contributed by atoms with Crippen LogP contribution in [0.2, 0.25) is 10.0 Å². The van der Waals surface area contributed by atoms with Crippen LogP contribution in [0.5, 0.6) is 5.75 Å². The molecule has 2 nitrogen and oxygen atoms in total. The zero-order valence-corrected chi connectivity index (χ0v) is 9.66. The SMILES string of the molecule is CP(C)(=O)Oc1ccc(Cl)cc1Cl. The Kier molecular flexibility index (Phi) is 3.28. The third-order valence-electron chi connectivity index (χ3n) is 1.21. The van der Waals surface area contributed by atoms with Crippen LogP contribution < -0.4 is 4.52 Å². The van der Waals surface area contributed by atoms with Gasteiger partial charge in [0, 0.05) is 18.4 Å². The summed E-state index contributed by atoms with van der Waals surface area (Å²) in [4.78, 5) is 0. The molecule has 0 saturated heterocycles. The minimum Gasteiger partial charge on any atom is -0.442 e. The molecule has 0 aromatic heterocycles. The summed E-state index contributed by atoms with van der Waals surface area (Å²) in [5.41, 5.74) is 0. The summed E-state index contributed by atoms with van der Waals surface area (Å²) in [5.74, 6) is 0.402. The van der Waals surface area contributed by atoms with Crippen molar-refractivity contribution in [3.8, 4) is 5.75 Å². The lowest BCUT2D eigenvalue weighted by Gasteiger charge is -2.11. The molecule has 0 heterocycles. The maximum Gasteiger partial charge on any atom is 0.242 e. The minimum absolute atomic E-state index is 0.372. The number of hydrogen-bond acceptors (Lipinski definition) is 2. The smallest absolute Gasteiger partial charge is 0.242 e. The minimum atomic E-state index is -2.56. The maximum absolute atomic E-state index is 11.3. The summed E-state index contributed by atoms with van der Waals surface area (Å²) in [6, 6.07) is 4.79. The third kappa shape index (κ3) is 3.60. The molecule has 0 bridgehead atoms. The van der Waals surface area contributed by atoms with Gasteiger partial charge in [-0.1, -0.05) is 23.2 Å². The van der Waals surface area contributed by atoms with E-state index in [1.165, 1.54) is 13.3 Å². The van der Waals surface area contributed by atoms with E-state index in [0.717, 1.165) is 0 Å². The van der Waals surface area contributed by atoms with Crippen molar-refractivity contribution < 1.29 is 9.09 Å². The van der Waals surface area contributed by atoms with E-state index in [4.69, 9.17) is 27.7 Å². The Bertz CT molecular complexity index is 359. The van der Waals surface area contributed by atoms with Crippen molar-refractivity contribution in [2.75, 3.05) is 13.3 Å². The van der Waals surface area contributed by atoms with E-state index in [9.17, 15) is 4.57 Å². The monoisotopic (exact) mass is 238 g/mol. The highest BCUT2D eigenvalue weighted by Gasteiger charge is 2.11. The number of halogens is 2. The highest BCUT2D eigenvalue weighted by molar-refractivity contribution is 7.57. The average Bonchev–Trinajstić information content (AvgIpc) is 1.93. The summed E-state index contributed by atoms with van der Waals surface area (Å²) < 4.78 is 16.5. The van der Waals surface area contributed by atoms with Crippen LogP contribution >= 0.6 is 30.6 Å². The second-order valence-electron chi connectivity index (χ2n) is 2.92.